The van der Waals surface area contributed by atoms with Crippen LogP contribution in [0.2, 0.25) is 0 Å². The molecule has 0 radical (unpaired) electrons. The first-order valence-electron chi connectivity index (χ1n) is 2.57. The molecule has 0 aromatic heterocycles. The third-order valence-electron chi connectivity index (χ3n) is 0.574. The van der Waals surface area contributed by atoms with Crippen molar-refractivity contribution in [1.29, 1.82) is 0 Å². The summed E-state index contributed by atoms with van der Waals surface area (Å²) in [6.07, 6.45) is 0. The maximum absolute atomic E-state index is 9.83. The van der Waals surface area contributed by atoms with Gasteiger partial charge in [-0.25, -0.2) is 4.79 Å². The van der Waals surface area contributed by atoms with Gasteiger partial charge in [0.2, 0.25) is 0 Å². The molecule has 0 amide bonds. The Morgan fingerprint density at radius 1 is 1.21 bits per heavy atom. The molecular formula is C6H18O7Ti. The summed E-state index contributed by atoms with van der Waals surface area (Å²) in [5.74, 6) is -0.948. The van der Waals surface area contributed by atoms with Gasteiger partial charge in [-0.05, 0) is 6.92 Å². The normalized spacial score (nSPS) is 5.79. The van der Waals surface area contributed by atoms with Crippen molar-refractivity contribution in [2.75, 3.05) is 13.2 Å². The van der Waals surface area contributed by atoms with Gasteiger partial charge in [-0.2, -0.15) is 0 Å². The smallest absolute Gasteiger partial charge is 0.329 e. The van der Waals surface area contributed by atoms with Crippen LogP contribution in [-0.2, 0) is 31.2 Å². The van der Waals surface area contributed by atoms with E-state index in [4.69, 9.17) is 5.11 Å². The number of rotatable bonds is 4. The van der Waals surface area contributed by atoms with Gasteiger partial charge in [-0.1, -0.05) is 12.2 Å². The van der Waals surface area contributed by atoms with E-state index in [0.717, 1.165) is 5.57 Å². The zero-order chi connectivity index (χ0) is 7.28. The predicted octanol–water partition coefficient (Wildman–Crippen LogP) is -2.64. The Morgan fingerprint density at radius 3 is 1.79 bits per heavy atom. The average molecular weight is 250 g/mol. The van der Waals surface area contributed by atoms with Gasteiger partial charge in [-0.15, -0.1) is 0 Å². The predicted molar refractivity (Wildman–Crippen MR) is 47.7 cm³/mol. The number of ether oxygens (including phenoxy) is 1. The van der Waals surface area contributed by atoms with Crippen LogP contribution in [-0.4, -0.2) is 46.2 Å². The molecule has 0 saturated carbocycles. The standard InChI is InChI=1S/C6H10O3.4H2O.Ti/c1-5(2)3-9-4-6(7)8;;;;;/h1,3-4H2,2H3,(H,7,8);4*1H2;. The second-order valence-electron chi connectivity index (χ2n) is 1.84. The van der Waals surface area contributed by atoms with E-state index in [1.165, 1.54) is 0 Å². The van der Waals surface area contributed by atoms with Crippen molar-refractivity contribution in [1.82, 2.24) is 0 Å². The monoisotopic (exact) mass is 250 g/mol. The minimum Gasteiger partial charge on any atom is -0.480 e. The average Bonchev–Trinajstić information content (AvgIpc) is 1.63. The van der Waals surface area contributed by atoms with Crippen LogP contribution in [0.1, 0.15) is 6.92 Å². The summed E-state index contributed by atoms with van der Waals surface area (Å²) in [4.78, 5) is 9.83. The number of carbonyl (C=O) groups is 1. The quantitative estimate of drug-likeness (QED) is 0.425. The molecule has 0 aromatic rings. The Labute approximate surface area is 96.9 Å². The number of hydrogen-bond acceptors (Lipinski definition) is 2. The Bertz CT molecular complexity index is 113. The first-order valence-corrected chi connectivity index (χ1v) is 2.57. The molecule has 88 valence electrons. The van der Waals surface area contributed by atoms with Crippen molar-refractivity contribution in [3.05, 3.63) is 12.2 Å². The fourth-order valence-electron chi connectivity index (χ4n) is 0.313. The second kappa shape index (κ2) is 23.0. The van der Waals surface area contributed by atoms with E-state index in [0.29, 0.717) is 6.61 Å². The van der Waals surface area contributed by atoms with Crippen LogP contribution >= 0.6 is 0 Å². The van der Waals surface area contributed by atoms with Crippen LogP contribution in [0.5, 0.6) is 0 Å². The van der Waals surface area contributed by atoms with E-state index < -0.39 is 5.97 Å². The number of aliphatic carboxylic acids is 1. The van der Waals surface area contributed by atoms with Gasteiger partial charge in [0.15, 0.2) is 0 Å². The topological polar surface area (TPSA) is 173 Å². The van der Waals surface area contributed by atoms with Gasteiger partial charge in [0, 0.05) is 21.7 Å². The summed E-state index contributed by atoms with van der Waals surface area (Å²) in [7, 11) is 0. The Morgan fingerprint density at radius 2 is 1.57 bits per heavy atom. The van der Waals surface area contributed by atoms with Crippen molar-refractivity contribution < 1.29 is 58.3 Å². The molecule has 0 spiro atoms. The molecule has 7 nitrogen and oxygen atoms in total. The molecule has 14 heavy (non-hydrogen) atoms. The van der Waals surface area contributed by atoms with Crippen LogP contribution in [0.15, 0.2) is 12.2 Å². The zero-order valence-electron chi connectivity index (χ0n) is 7.89. The molecule has 0 atom stereocenters. The second-order valence-corrected chi connectivity index (χ2v) is 1.84. The molecule has 0 saturated heterocycles. The summed E-state index contributed by atoms with van der Waals surface area (Å²) < 4.78 is 4.66. The minimum absolute atomic E-state index is 0. The van der Waals surface area contributed by atoms with Gasteiger partial charge in [0.25, 0.3) is 0 Å². The van der Waals surface area contributed by atoms with Crippen molar-refractivity contribution in [3.63, 3.8) is 0 Å². The third-order valence-corrected chi connectivity index (χ3v) is 0.574. The van der Waals surface area contributed by atoms with E-state index in [2.05, 4.69) is 11.3 Å². The summed E-state index contributed by atoms with van der Waals surface area (Å²) in [6.45, 7) is 5.40. The fourth-order valence-corrected chi connectivity index (χ4v) is 0.313. The van der Waals surface area contributed by atoms with Crippen molar-refractivity contribution >= 4 is 5.97 Å². The molecular weight excluding hydrogens is 232 g/mol. The largest absolute Gasteiger partial charge is 0.480 e. The molecule has 0 fully saturated rings. The molecule has 0 unspecified atom stereocenters. The Kier molecular flexibility index (Phi) is 61.1. The number of carboxylic acid groups (broad SMARTS) is 1. The van der Waals surface area contributed by atoms with Crippen LogP contribution in [0, 0.1) is 0 Å². The van der Waals surface area contributed by atoms with Crippen LogP contribution in [0.4, 0.5) is 0 Å². The molecule has 0 aliphatic rings. The molecule has 0 rings (SSSR count). The number of carboxylic acids is 1. The van der Waals surface area contributed by atoms with E-state index in [-0.39, 0.29) is 50.2 Å². The van der Waals surface area contributed by atoms with Gasteiger partial charge in [-0.3, -0.25) is 0 Å². The Hall–Kier alpha value is -0.276. The van der Waals surface area contributed by atoms with Crippen LogP contribution in [0.3, 0.4) is 0 Å². The van der Waals surface area contributed by atoms with E-state index >= 15 is 0 Å². The van der Waals surface area contributed by atoms with E-state index in [1.54, 1.807) is 6.92 Å². The maximum atomic E-state index is 9.83. The molecule has 0 heterocycles. The fraction of sp³-hybridized carbons (Fsp3) is 0.500. The molecule has 8 heteroatoms. The van der Waals surface area contributed by atoms with Gasteiger partial charge in [0.1, 0.15) is 6.61 Å². The minimum atomic E-state index is -0.948. The summed E-state index contributed by atoms with van der Waals surface area (Å²) in [6, 6.07) is 0. The summed E-state index contributed by atoms with van der Waals surface area (Å²) >= 11 is 0. The van der Waals surface area contributed by atoms with Gasteiger partial charge in [0.05, 0.1) is 6.61 Å². The maximum Gasteiger partial charge on any atom is 0.329 e. The molecule has 0 aliphatic heterocycles. The molecule has 0 aromatic carbocycles. The van der Waals surface area contributed by atoms with Gasteiger partial charge >= 0.3 is 5.97 Å². The van der Waals surface area contributed by atoms with Crippen molar-refractivity contribution in [2.45, 2.75) is 6.92 Å². The first-order chi connectivity index (χ1) is 4.13. The van der Waals surface area contributed by atoms with E-state index in [9.17, 15) is 4.79 Å². The molecule has 0 aliphatic carbocycles. The van der Waals surface area contributed by atoms with Crippen molar-refractivity contribution in [3.8, 4) is 0 Å². The zero-order valence-corrected chi connectivity index (χ0v) is 9.45. The summed E-state index contributed by atoms with van der Waals surface area (Å²) in [5.41, 5.74) is 0.830. The van der Waals surface area contributed by atoms with E-state index in [1.807, 2.05) is 0 Å². The Balaban J connectivity index is -0.0000000320. The summed E-state index contributed by atoms with van der Waals surface area (Å²) in [5, 5.41) is 8.07. The van der Waals surface area contributed by atoms with Crippen molar-refractivity contribution in [2.24, 2.45) is 0 Å². The molecule has 9 N–H and O–H groups in total. The first kappa shape index (κ1) is 37.2. The SMILES string of the molecule is C=C(C)COCC(=O)O.O.O.O.O.[Ti]. The van der Waals surface area contributed by atoms with Gasteiger partial charge < -0.3 is 31.7 Å². The molecule has 0 bridgehead atoms. The third kappa shape index (κ3) is 41.2. The van der Waals surface area contributed by atoms with Crippen LogP contribution in [0.25, 0.3) is 0 Å². The number of hydrogen-bond donors (Lipinski definition) is 1. The van der Waals surface area contributed by atoms with Crippen LogP contribution < -0.4 is 0 Å².